The lowest BCUT2D eigenvalue weighted by Crippen LogP contribution is -2.37. The van der Waals surface area contributed by atoms with Crippen LogP contribution < -0.4 is 20.3 Å². The van der Waals surface area contributed by atoms with Crippen molar-refractivity contribution in [2.45, 2.75) is 0 Å². The molecule has 0 aromatic heterocycles. The Bertz CT molecular complexity index is 737. The highest BCUT2D eigenvalue weighted by Gasteiger charge is 2.15. The normalized spacial score (nSPS) is 13.9. The standard InChI is InChI=1S/C20H24ClN3O3/c21-16-6-7-19(24-9-12-26-13-10-24)18(14-16)23-15-20(25)22-8-11-27-17-4-2-1-3-5-17/h1-7,14,23H,8-13,15H2,(H,22,25). The maximum atomic E-state index is 12.1. The molecule has 1 amide bonds. The van der Waals surface area contributed by atoms with Crippen LogP contribution in [0.2, 0.25) is 5.02 Å². The minimum absolute atomic E-state index is 0.0976. The first kappa shape index (κ1) is 19.3. The van der Waals surface area contributed by atoms with E-state index in [2.05, 4.69) is 15.5 Å². The molecule has 0 saturated carbocycles. The molecule has 1 aliphatic rings. The Hall–Kier alpha value is -2.44. The second kappa shape index (κ2) is 10.0. The Kier molecular flexibility index (Phi) is 7.19. The van der Waals surface area contributed by atoms with Gasteiger partial charge in [-0.05, 0) is 30.3 Å². The first-order valence-electron chi connectivity index (χ1n) is 9.03. The van der Waals surface area contributed by atoms with E-state index in [1.165, 1.54) is 0 Å². The zero-order valence-electron chi connectivity index (χ0n) is 15.1. The highest BCUT2D eigenvalue weighted by Crippen LogP contribution is 2.29. The fraction of sp³-hybridized carbons (Fsp3) is 0.350. The molecule has 1 heterocycles. The molecule has 0 unspecified atom stereocenters. The average molecular weight is 390 g/mol. The number of hydrogen-bond donors (Lipinski definition) is 2. The van der Waals surface area contributed by atoms with Crippen molar-refractivity contribution >= 4 is 28.9 Å². The van der Waals surface area contributed by atoms with Gasteiger partial charge in [0, 0.05) is 18.1 Å². The van der Waals surface area contributed by atoms with Gasteiger partial charge >= 0.3 is 0 Å². The predicted octanol–water partition coefficient (Wildman–Crippen LogP) is 2.78. The van der Waals surface area contributed by atoms with Crippen LogP contribution in [-0.2, 0) is 9.53 Å². The van der Waals surface area contributed by atoms with Gasteiger partial charge < -0.3 is 25.0 Å². The summed E-state index contributed by atoms with van der Waals surface area (Å²) >= 11 is 6.13. The quantitative estimate of drug-likeness (QED) is 0.680. The Morgan fingerprint density at radius 3 is 2.70 bits per heavy atom. The van der Waals surface area contributed by atoms with Gasteiger partial charge in [0.25, 0.3) is 0 Å². The number of amides is 1. The van der Waals surface area contributed by atoms with Gasteiger partial charge in [-0.15, -0.1) is 0 Å². The molecule has 0 radical (unpaired) electrons. The van der Waals surface area contributed by atoms with Gasteiger partial charge in [0.05, 0.1) is 37.7 Å². The van der Waals surface area contributed by atoms with E-state index in [4.69, 9.17) is 21.1 Å². The Morgan fingerprint density at radius 2 is 1.93 bits per heavy atom. The number of carbonyl (C=O) groups excluding carboxylic acids is 1. The molecule has 0 bridgehead atoms. The van der Waals surface area contributed by atoms with E-state index in [-0.39, 0.29) is 12.5 Å². The smallest absolute Gasteiger partial charge is 0.239 e. The number of morpholine rings is 1. The van der Waals surface area contributed by atoms with Gasteiger partial charge in [-0.2, -0.15) is 0 Å². The van der Waals surface area contributed by atoms with Gasteiger partial charge in [-0.3, -0.25) is 4.79 Å². The van der Waals surface area contributed by atoms with Crippen LogP contribution in [0.25, 0.3) is 0 Å². The molecule has 144 valence electrons. The first-order chi connectivity index (χ1) is 13.2. The van der Waals surface area contributed by atoms with E-state index in [9.17, 15) is 4.79 Å². The van der Waals surface area contributed by atoms with Crippen molar-refractivity contribution < 1.29 is 14.3 Å². The van der Waals surface area contributed by atoms with Crippen LogP contribution in [0.1, 0.15) is 0 Å². The zero-order chi connectivity index (χ0) is 18.9. The van der Waals surface area contributed by atoms with Crippen LogP contribution in [0.5, 0.6) is 5.75 Å². The maximum absolute atomic E-state index is 12.1. The predicted molar refractivity (Wildman–Crippen MR) is 108 cm³/mol. The minimum Gasteiger partial charge on any atom is -0.492 e. The number of benzene rings is 2. The molecule has 1 saturated heterocycles. The van der Waals surface area contributed by atoms with E-state index < -0.39 is 0 Å². The van der Waals surface area contributed by atoms with Crippen LogP contribution in [0.15, 0.2) is 48.5 Å². The highest BCUT2D eigenvalue weighted by atomic mass is 35.5. The molecule has 7 heteroatoms. The van der Waals surface area contributed by atoms with E-state index in [1.807, 2.05) is 48.5 Å². The van der Waals surface area contributed by atoms with Crippen molar-refractivity contribution in [3.8, 4) is 5.75 Å². The zero-order valence-corrected chi connectivity index (χ0v) is 15.9. The molecule has 2 aromatic carbocycles. The fourth-order valence-electron chi connectivity index (χ4n) is 2.84. The monoisotopic (exact) mass is 389 g/mol. The number of anilines is 2. The van der Waals surface area contributed by atoms with E-state index in [1.54, 1.807) is 0 Å². The van der Waals surface area contributed by atoms with Crippen molar-refractivity contribution in [3.63, 3.8) is 0 Å². The van der Waals surface area contributed by atoms with Crippen molar-refractivity contribution in [2.24, 2.45) is 0 Å². The second-order valence-electron chi connectivity index (χ2n) is 6.13. The number of rotatable bonds is 8. The van der Waals surface area contributed by atoms with Gasteiger partial charge in [0.15, 0.2) is 0 Å². The third-order valence-electron chi connectivity index (χ3n) is 4.19. The SMILES string of the molecule is O=C(CNc1cc(Cl)ccc1N1CCOCC1)NCCOc1ccccc1. The molecular formula is C20H24ClN3O3. The number of ether oxygens (including phenoxy) is 2. The van der Waals surface area contributed by atoms with Gasteiger partial charge in [0.1, 0.15) is 12.4 Å². The third kappa shape index (κ3) is 6.05. The van der Waals surface area contributed by atoms with E-state index in [0.717, 1.165) is 30.2 Å². The number of carbonyl (C=O) groups is 1. The number of nitrogens with zero attached hydrogens (tertiary/aromatic N) is 1. The summed E-state index contributed by atoms with van der Waals surface area (Å²) in [5.74, 6) is 0.693. The molecule has 3 rings (SSSR count). The van der Waals surface area contributed by atoms with E-state index >= 15 is 0 Å². The van der Waals surface area contributed by atoms with Gasteiger partial charge in [-0.1, -0.05) is 29.8 Å². The molecule has 0 aliphatic carbocycles. The summed E-state index contributed by atoms with van der Waals surface area (Å²) in [5, 5.41) is 6.66. The van der Waals surface area contributed by atoms with E-state index in [0.29, 0.717) is 31.4 Å². The molecule has 2 aromatic rings. The largest absolute Gasteiger partial charge is 0.492 e. The third-order valence-corrected chi connectivity index (χ3v) is 4.42. The lowest BCUT2D eigenvalue weighted by molar-refractivity contribution is -0.119. The topological polar surface area (TPSA) is 62.8 Å². The van der Waals surface area contributed by atoms with Crippen LogP contribution in [0.3, 0.4) is 0 Å². The number of halogens is 1. The van der Waals surface area contributed by atoms with Crippen molar-refractivity contribution in [2.75, 3.05) is 56.2 Å². The minimum atomic E-state index is -0.0976. The maximum Gasteiger partial charge on any atom is 0.239 e. The van der Waals surface area contributed by atoms with Crippen LogP contribution in [0.4, 0.5) is 11.4 Å². The molecular weight excluding hydrogens is 366 g/mol. The number of nitrogens with one attached hydrogen (secondary N) is 2. The van der Waals surface area contributed by atoms with Gasteiger partial charge in [-0.25, -0.2) is 0 Å². The highest BCUT2D eigenvalue weighted by molar-refractivity contribution is 6.31. The van der Waals surface area contributed by atoms with Gasteiger partial charge in [0.2, 0.25) is 5.91 Å². The summed E-state index contributed by atoms with van der Waals surface area (Å²) in [5.41, 5.74) is 1.88. The molecule has 1 fully saturated rings. The lowest BCUT2D eigenvalue weighted by Gasteiger charge is -2.30. The summed E-state index contributed by atoms with van der Waals surface area (Å²) in [4.78, 5) is 14.3. The molecule has 1 aliphatic heterocycles. The summed E-state index contributed by atoms with van der Waals surface area (Å²) < 4.78 is 11.0. The Balaban J connectivity index is 1.46. The fourth-order valence-corrected chi connectivity index (χ4v) is 3.02. The molecule has 0 spiro atoms. The number of para-hydroxylation sites is 1. The first-order valence-corrected chi connectivity index (χ1v) is 9.41. The number of hydrogen-bond acceptors (Lipinski definition) is 5. The van der Waals surface area contributed by atoms with Crippen molar-refractivity contribution in [3.05, 3.63) is 53.6 Å². The average Bonchev–Trinajstić information content (AvgIpc) is 2.71. The summed E-state index contributed by atoms with van der Waals surface area (Å²) in [6.45, 7) is 4.07. The molecule has 27 heavy (non-hydrogen) atoms. The molecule has 6 nitrogen and oxygen atoms in total. The Morgan fingerprint density at radius 1 is 1.15 bits per heavy atom. The summed E-state index contributed by atoms with van der Waals surface area (Å²) in [6, 6.07) is 15.2. The Labute approximate surface area is 164 Å². The lowest BCUT2D eigenvalue weighted by atomic mass is 10.2. The second-order valence-corrected chi connectivity index (χ2v) is 6.56. The van der Waals surface area contributed by atoms with Crippen LogP contribution >= 0.6 is 11.6 Å². The van der Waals surface area contributed by atoms with Crippen molar-refractivity contribution in [1.82, 2.24) is 5.32 Å². The summed E-state index contributed by atoms with van der Waals surface area (Å²) in [6.07, 6.45) is 0. The molecule has 2 N–H and O–H groups in total. The summed E-state index contributed by atoms with van der Waals surface area (Å²) in [7, 11) is 0. The van der Waals surface area contributed by atoms with Crippen LogP contribution in [-0.4, -0.2) is 51.9 Å². The molecule has 0 atom stereocenters. The van der Waals surface area contributed by atoms with Crippen molar-refractivity contribution in [1.29, 1.82) is 0 Å². The van der Waals surface area contributed by atoms with Crippen LogP contribution in [0, 0.1) is 0 Å².